The summed E-state index contributed by atoms with van der Waals surface area (Å²) in [5.74, 6) is 2.54. The monoisotopic (exact) mass is 382 g/mol. The summed E-state index contributed by atoms with van der Waals surface area (Å²) in [6.45, 7) is 2.01. The molecule has 24 heavy (non-hydrogen) atoms. The topological polar surface area (TPSA) is 44.8 Å². The van der Waals surface area contributed by atoms with E-state index in [2.05, 4.69) is 66.1 Å². The van der Waals surface area contributed by atoms with Crippen LogP contribution in [0, 0.1) is 0 Å². The number of hydrogen-bond acceptors (Lipinski definition) is 3. The Morgan fingerprint density at radius 1 is 1.04 bits per heavy atom. The Hall–Kier alpha value is -2.14. The number of aromatic nitrogens is 3. The number of nitrogens with one attached hydrogen (secondary N) is 1. The minimum absolute atomic E-state index is 0.418. The fraction of sp³-hybridized carbons (Fsp3) is 0.263. The molecule has 0 aliphatic carbocycles. The van der Waals surface area contributed by atoms with E-state index >= 15 is 0 Å². The Morgan fingerprint density at radius 3 is 2.71 bits per heavy atom. The van der Waals surface area contributed by atoms with Gasteiger partial charge in [0.05, 0.1) is 11.9 Å². The molecule has 1 aromatic carbocycles. The number of aromatic amines is 1. The van der Waals surface area contributed by atoms with Crippen molar-refractivity contribution in [3.8, 4) is 11.3 Å². The molecule has 2 aromatic heterocycles. The van der Waals surface area contributed by atoms with Crippen LogP contribution >= 0.6 is 15.9 Å². The van der Waals surface area contributed by atoms with E-state index in [-0.39, 0.29) is 0 Å². The number of nitrogens with zero attached hydrogens (tertiary/aromatic N) is 3. The van der Waals surface area contributed by atoms with Crippen LogP contribution in [0.3, 0.4) is 0 Å². The number of hydrogen-bond donors (Lipinski definition) is 1. The molecule has 122 valence electrons. The number of anilines is 1. The Balaban J connectivity index is 1.52. The number of rotatable bonds is 3. The molecular formula is C19H19BrN4. The number of H-pyrrole nitrogens is 1. The van der Waals surface area contributed by atoms with E-state index in [9.17, 15) is 0 Å². The van der Waals surface area contributed by atoms with Crippen molar-refractivity contribution in [2.75, 3.05) is 18.0 Å². The van der Waals surface area contributed by atoms with Crippen LogP contribution in [0.5, 0.6) is 0 Å². The second-order valence-electron chi connectivity index (χ2n) is 6.17. The van der Waals surface area contributed by atoms with Gasteiger partial charge in [-0.2, -0.15) is 0 Å². The second-order valence-corrected chi connectivity index (χ2v) is 7.08. The summed E-state index contributed by atoms with van der Waals surface area (Å²) in [6.07, 6.45) is 6.12. The van der Waals surface area contributed by atoms with Crippen molar-refractivity contribution < 1.29 is 0 Å². The van der Waals surface area contributed by atoms with Crippen LogP contribution in [0.2, 0.25) is 0 Å². The first-order valence-electron chi connectivity index (χ1n) is 8.26. The molecule has 1 saturated heterocycles. The molecule has 1 atom stereocenters. The van der Waals surface area contributed by atoms with Gasteiger partial charge in [-0.1, -0.05) is 30.3 Å². The standard InChI is InChI=1S/C19H19BrN4/c20-16-8-9-18(21-11-16)24-10-4-7-15(13-24)19-22-12-17(23-19)14-5-2-1-3-6-14/h1-3,5-6,8-9,11-12,15H,4,7,10,13H2,(H,22,23). The van der Waals surface area contributed by atoms with Crippen molar-refractivity contribution in [3.05, 3.63) is 65.2 Å². The van der Waals surface area contributed by atoms with Gasteiger partial charge in [0, 0.05) is 29.7 Å². The number of halogens is 1. The molecule has 3 aromatic rings. The Bertz CT molecular complexity index is 798. The van der Waals surface area contributed by atoms with Gasteiger partial charge in [0.2, 0.25) is 0 Å². The minimum atomic E-state index is 0.418. The van der Waals surface area contributed by atoms with Gasteiger partial charge in [-0.15, -0.1) is 0 Å². The van der Waals surface area contributed by atoms with Crippen molar-refractivity contribution in [3.63, 3.8) is 0 Å². The first kappa shape index (κ1) is 15.4. The first-order valence-corrected chi connectivity index (χ1v) is 9.06. The van der Waals surface area contributed by atoms with Crippen molar-refractivity contribution >= 4 is 21.7 Å². The number of benzene rings is 1. The predicted molar refractivity (Wildman–Crippen MR) is 100 cm³/mol. The van der Waals surface area contributed by atoms with E-state index in [1.165, 1.54) is 5.56 Å². The molecule has 0 bridgehead atoms. The van der Waals surface area contributed by atoms with Crippen molar-refractivity contribution in [1.29, 1.82) is 0 Å². The van der Waals surface area contributed by atoms with Crippen molar-refractivity contribution in [2.45, 2.75) is 18.8 Å². The number of piperidine rings is 1. The third-order valence-corrected chi connectivity index (χ3v) is 4.99. The molecule has 1 N–H and O–H groups in total. The lowest BCUT2D eigenvalue weighted by molar-refractivity contribution is 0.492. The van der Waals surface area contributed by atoms with E-state index < -0.39 is 0 Å². The maximum Gasteiger partial charge on any atom is 0.128 e. The van der Waals surface area contributed by atoms with E-state index in [1.807, 2.05) is 24.5 Å². The van der Waals surface area contributed by atoms with Crippen LogP contribution < -0.4 is 4.90 Å². The molecule has 1 unspecified atom stereocenters. The van der Waals surface area contributed by atoms with Crippen molar-refractivity contribution in [1.82, 2.24) is 15.0 Å². The highest BCUT2D eigenvalue weighted by molar-refractivity contribution is 9.10. The highest BCUT2D eigenvalue weighted by atomic mass is 79.9. The summed E-state index contributed by atoms with van der Waals surface area (Å²) in [7, 11) is 0. The molecule has 4 rings (SSSR count). The SMILES string of the molecule is Brc1ccc(N2CCCC(c3ncc(-c4ccccc4)[nH]3)C2)nc1. The summed E-state index contributed by atoms with van der Waals surface area (Å²) in [4.78, 5) is 15.0. The molecule has 0 radical (unpaired) electrons. The lowest BCUT2D eigenvalue weighted by Gasteiger charge is -2.32. The molecule has 3 heterocycles. The predicted octanol–water partition coefficient (Wildman–Crippen LogP) is 4.62. The van der Waals surface area contributed by atoms with Gasteiger partial charge in [-0.05, 0) is 46.5 Å². The van der Waals surface area contributed by atoms with Crippen LogP contribution in [0.4, 0.5) is 5.82 Å². The summed E-state index contributed by atoms with van der Waals surface area (Å²) in [5.41, 5.74) is 2.27. The average Bonchev–Trinajstić information content (AvgIpc) is 3.13. The van der Waals surface area contributed by atoms with Crippen LogP contribution in [-0.2, 0) is 0 Å². The van der Waals surface area contributed by atoms with Gasteiger partial charge in [0.25, 0.3) is 0 Å². The fourth-order valence-corrected chi connectivity index (χ4v) is 3.51. The maximum absolute atomic E-state index is 4.65. The quantitative estimate of drug-likeness (QED) is 0.718. The van der Waals surface area contributed by atoms with Crippen molar-refractivity contribution in [2.24, 2.45) is 0 Å². The van der Waals surface area contributed by atoms with E-state index in [1.54, 1.807) is 0 Å². The lowest BCUT2D eigenvalue weighted by Crippen LogP contribution is -2.35. The van der Waals surface area contributed by atoms with Gasteiger partial charge >= 0.3 is 0 Å². The van der Waals surface area contributed by atoms with Gasteiger partial charge in [-0.25, -0.2) is 9.97 Å². The molecule has 0 spiro atoms. The highest BCUT2D eigenvalue weighted by Crippen LogP contribution is 2.29. The van der Waals surface area contributed by atoms with Crippen LogP contribution in [0.1, 0.15) is 24.6 Å². The van der Waals surface area contributed by atoms with E-state index in [0.29, 0.717) is 5.92 Å². The van der Waals surface area contributed by atoms with Crippen LogP contribution in [-0.4, -0.2) is 28.0 Å². The first-order chi connectivity index (χ1) is 11.8. The summed E-state index contributed by atoms with van der Waals surface area (Å²) < 4.78 is 1.01. The summed E-state index contributed by atoms with van der Waals surface area (Å²) >= 11 is 3.45. The fourth-order valence-electron chi connectivity index (χ4n) is 3.27. The van der Waals surface area contributed by atoms with E-state index in [0.717, 1.165) is 47.7 Å². The smallest absolute Gasteiger partial charge is 0.128 e. The van der Waals surface area contributed by atoms with Crippen LogP contribution in [0.25, 0.3) is 11.3 Å². The molecule has 0 saturated carbocycles. The highest BCUT2D eigenvalue weighted by Gasteiger charge is 2.24. The average molecular weight is 383 g/mol. The third kappa shape index (κ3) is 3.22. The zero-order valence-electron chi connectivity index (χ0n) is 13.3. The van der Waals surface area contributed by atoms with Gasteiger partial charge in [0.1, 0.15) is 11.6 Å². The zero-order valence-corrected chi connectivity index (χ0v) is 14.9. The second kappa shape index (κ2) is 6.77. The largest absolute Gasteiger partial charge is 0.356 e. The molecule has 0 amide bonds. The minimum Gasteiger partial charge on any atom is -0.356 e. The zero-order chi connectivity index (χ0) is 16.4. The lowest BCUT2D eigenvalue weighted by atomic mass is 9.97. The summed E-state index contributed by atoms with van der Waals surface area (Å²) in [5, 5.41) is 0. The third-order valence-electron chi connectivity index (χ3n) is 4.52. The maximum atomic E-state index is 4.65. The molecule has 4 nitrogen and oxygen atoms in total. The van der Waals surface area contributed by atoms with Gasteiger partial charge in [-0.3, -0.25) is 0 Å². The van der Waals surface area contributed by atoms with Gasteiger partial charge in [0.15, 0.2) is 0 Å². The molecule has 1 aliphatic rings. The summed E-state index contributed by atoms with van der Waals surface area (Å²) in [6, 6.07) is 14.5. The normalized spacial score (nSPS) is 17.9. The molecular weight excluding hydrogens is 364 g/mol. The molecule has 1 fully saturated rings. The Labute approximate surface area is 150 Å². The molecule has 5 heteroatoms. The van der Waals surface area contributed by atoms with Gasteiger partial charge < -0.3 is 9.88 Å². The Kier molecular flexibility index (Phi) is 4.34. The van der Waals surface area contributed by atoms with E-state index in [4.69, 9.17) is 0 Å². The number of pyridine rings is 1. The van der Waals surface area contributed by atoms with Crippen LogP contribution in [0.15, 0.2) is 59.3 Å². The molecule has 1 aliphatic heterocycles. The Morgan fingerprint density at radius 2 is 1.92 bits per heavy atom. The number of imidazole rings is 1.